The number of H-pyrrole nitrogens is 1. The zero-order valence-corrected chi connectivity index (χ0v) is 13.7. The molecule has 3 aromatic rings. The number of imide groups is 1. The number of imidazole rings is 1. The Balaban J connectivity index is 1.58. The number of aromatic amines is 1. The van der Waals surface area contributed by atoms with Crippen LogP contribution in [-0.4, -0.2) is 39.3 Å². The fourth-order valence-electron chi connectivity index (χ4n) is 2.85. The van der Waals surface area contributed by atoms with E-state index in [0.717, 1.165) is 15.9 Å². The Kier molecular flexibility index (Phi) is 3.85. The Morgan fingerprint density at radius 2 is 1.88 bits per heavy atom. The molecule has 2 heterocycles. The van der Waals surface area contributed by atoms with Crippen molar-refractivity contribution in [2.24, 2.45) is 0 Å². The zero-order chi connectivity index (χ0) is 18.1. The molecule has 0 bridgehead atoms. The molecule has 0 atom stereocenters. The van der Waals surface area contributed by atoms with Gasteiger partial charge in [0.05, 0.1) is 24.1 Å². The molecule has 0 radical (unpaired) electrons. The number of benzene rings is 2. The summed E-state index contributed by atoms with van der Waals surface area (Å²) in [4.78, 5) is 44.6. The molecular weight excluding hydrogens is 334 g/mol. The molecule has 1 aliphatic heterocycles. The lowest BCUT2D eigenvalue weighted by Crippen LogP contribution is -2.31. The number of rotatable bonds is 4. The van der Waals surface area contributed by atoms with Crippen molar-refractivity contribution in [1.29, 1.82) is 0 Å². The van der Waals surface area contributed by atoms with Crippen LogP contribution in [0.15, 0.2) is 48.5 Å². The number of hydrogen-bond donors (Lipinski definition) is 3. The maximum atomic E-state index is 12.7. The molecule has 2 aromatic carbocycles. The monoisotopic (exact) mass is 349 g/mol. The maximum Gasteiger partial charge on any atom is 0.324 e. The molecule has 4 rings (SSSR count). The van der Waals surface area contributed by atoms with Crippen molar-refractivity contribution < 1.29 is 14.4 Å². The van der Waals surface area contributed by atoms with Crippen LogP contribution >= 0.6 is 0 Å². The van der Waals surface area contributed by atoms with Gasteiger partial charge < -0.3 is 10.3 Å². The van der Waals surface area contributed by atoms with E-state index >= 15 is 0 Å². The number of nitrogens with one attached hydrogen (secondary N) is 3. The minimum atomic E-state index is -0.456. The van der Waals surface area contributed by atoms with Gasteiger partial charge in [0.2, 0.25) is 11.9 Å². The van der Waals surface area contributed by atoms with Crippen LogP contribution in [0.25, 0.3) is 11.0 Å². The highest BCUT2D eigenvalue weighted by Gasteiger charge is 2.29. The minimum absolute atomic E-state index is 0.0216. The Morgan fingerprint density at radius 3 is 2.65 bits per heavy atom. The van der Waals surface area contributed by atoms with Crippen LogP contribution in [0.4, 0.5) is 10.7 Å². The molecule has 1 saturated heterocycles. The average Bonchev–Trinajstić information content (AvgIpc) is 3.19. The second kappa shape index (κ2) is 6.32. The van der Waals surface area contributed by atoms with Gasteiger partial charge in [-0.15, -0.1) is 0 Å². The summed E-state index contributed by atoms with van der Waals surface area (Å²) in [6, 6.07) is 13.8. The molecule has 1 aliphatic rings. The van der Waals surface area contributed by atoms with Crippen LogP contribution in [0.1, 0.15) is 15.9 Å². The Morgan fingerprint density at radius 1 is 1.12 bits per heavy atom. The van der Waals surface area contributed by atoms with Crippen LogP contribution in [0.2, 0.25) is 0 Å². The number of para-hydroxylation sites is 2. The highest BCUT2D eigenvalue weighted by Crippen LogP contribution is 2.17. The van der Waals surface area contributed by atoms with Crippen LogP contribution in [0, 0.1) is 0 Å². The zero-order valence-electron chi connectivity index (χ0n) is 13.7. The van der Waals surface area contributed by atoms with Crippen LogP contribution in [-0.2, 0) is 11.3 Å². The van der Waals surface area contributed by atoms with Gasteiger partial charge in [-0.2, -0.15) is 0 Å². The number of nitrogens with zero attached hydrogens (tertiary/aromatic N) is 2. The Labute approximate surface area is 148 Å². The van der Waals surface area contributed by atoms with Gasteiger partial charge in [0.25, 0.3) is 5.91 Å². The van der Waals surface area contributed by atoms with Gasteiger partial charge in [0.1, 0.15) is 0 Å². The second-order valence-corrected chi connectivity index (χ2v) is 5.85. The second-order valence-electron chi connectivity index (χ2n) is 5.85. The van der Waals surface area contributed by atoms with Gasteiger partial charge in [-0.1, -0.05) is 30.3 Å². The van der Waals surface area contributed by atoms with Crippen molar-refractivity contribution in [3.05, 3.63) is 59.7 Å². The lowest BCUT2D eigenvalue weighted by Gasteiger charge is -2.15. The first kappa shape index (κ1) is 15.8. The standard InChI is InChI=1S/C18H15N5O3/c24-15-9-19-18(26)23(15)10-11-5-1-2-6-12(11)16(25)22-17-20-13-7-3-4-8-14(13)21-17/h1-8H,9-10H2,(H,19,26)(H2,20,21,22,25). The molecule has 0 unspecified atom stereocenters. The van der Waals surface area contributed by atoms with Crippen LogP contribution in [0.5, 0.6) is 0 Å². The normalized spacial score (nSPS) is 13.9. The van der Waals surface area contributed by atoms with E-state index in [1.54, 1.807) is 24.3 Å². The van der Waals surface area contributed by atoms with Gasteiger partial charge in [-0.25, -0.2) is 9.78 Å². The summed E-state index contributed by atoms with van der Waals surface area (Å²) in [5.41, 5.74) is 2.51. The van der Waals surface area contributed by atoms with Gasteiger partial charge in [0.15, 0.2) is 0 Å². The third kappa shape index (κ3) is 2.88. The van der Waals surface area contributed by atoms with E-state index in [9.17, 15) is 14.4 Å². The van der Waals surface area contributed by atoms with Crippen molar-refractivity contribution in [3.63, 3.8) is 0 Å². The van der Waals surface area contributed by atoms with E-state index in [1.165, 1.54) is 0 Å². The summed E-state index contributed by atoms with van der Waals surface area (Å²) in [5.74, 6) is -0.352. The average molecular weight is 349 g/mol. The lowest BCUT2D eigenvalue weighted by atomic mass is 10.1. The van der Waals surface area contributed by atoms with E-state index < -0.39 is 6.03 Å². The van der Waals surface area contributed by atoms with Crippen LogP contribution < -0.4 is 10.6 Å². The van der Waals surface area contributed by atoms with Crippen molar-refractivity contribution in [3.8, 4) is 0 Å². The van der Waals surface area contributed by atoms with E-state index in [4.69, 9.17) is 0 Å². The van der Waals surface area contributed by atoms with Crippen molar-refractivity contribution >= 4 is 34.8 Å². The molecule has 8 heteroatoms. The molecule has 0 spiro atoms. The number of hydrogen-bond acceptors (Lipinski definition) is 4. The Hall–Kier alpha value is -3.68. The number of amides is 4. The number of carbonyl (C=O) groups is 3. The predicted molar refractivity (Wildman–Crippen MR) is 94.4 cm³/mol. The van der Waals surface area contributed by atoms with Crippen molar-refractivity contribution in [2.75, 3.05) is 11.9 Å². The number of carbonyl (C=O) groups excluding carboxylic acids is 3. The first-order chi connectivity index (χ1) is 12.6. The lowest BCUT2D eigenvalue weighted by molar-refractivity contribution is -0.125. The number of urea groups is 1. The predicted octanol–water partition coefficient (Wildman–Crippen LogP) is 1.87. The smallest absolute Gasteiger partial charge is 0.324 e. The van der Waals surface area contributed by atoms with E-state index in [-0.39, 0.29) is 24.9 Å². The van der Waals surface area contributed by atoms with Gasteiger partial charge in [-0.3, -0.25) is 19.8 Å². The summed E-state index contributed by atoms with van der Waals surface area (Å²) in [6.45, 7) is 0.0145. The number of fused-ring (bicyclic) bond motifs is 1. The molecule has 0 saturated carbocycles. The quantitative estimate of drug-likeness (QED) is 0.625. The third-order valence-corrected chi connectivity index (χ3v) is 4.15. The highest BCUT2D eigenvalue weighted by molar-refractivity contribution is 6.06. The first-order valence-electron chi connectivity index (χ1n) is 8.04. The van der Waals surface area contributed by atoms with E-state index in [0.29, 0.717) is 17.1 Å². The molecule has 26 heavy (non-hydrogen) atoms. The fraction of sp³-hybridized carbons (Fsp3) is 0.111. The first-order valence-corrected chi connectivity index (χ1v) is 8.04. The minimum Gasteiger partial charge on any atom is -0.329 e. The number of anilines is 1. The Bertz CT molecular complexity index is 977. The summed E-state index contributed by atoms with van der Waals surface area (Å²) in [5, 5.41) is 5.19. The molecule has 4 amide bonds. The molecule has 1 aromatic heterocycles. The van der Waals surface area contributed by atoms with Crippen molar-refractivity contribution in [1.82, 2.24) is 20.2 Å². The van der Waals surface area contributed by atoms with E-state index in [1.807, 2.05) is 24.3 Å². The molecule has 0 aliphatic carbocycles. The van der Waals surface area contributed by atoms with Gasteiger partial charge in [0, 0.05) is 5.56 Å². The topological polar surface area (TPSA) is 107 Å². The summed E-state index contributed by atoms with van der Waals surface area (Å²) in [7, 11) is 0. The highest BCUT2D eigenvalue weighted by atomic mass is 16.2. The molecule has 3 N–H and O–H groups in total. The molecule has 130 valence electrons. The molecule has 8 nitrogen and oxygen atoms in total. The molecular formula is C18H15N5O3. The fourth-order valence-corrected chi connectivity index (χ4v) is 2.85. The van der Waals surface area contributed by atoms with Gasteiger partial charge >= 0.3 is 6.03 Å². The van der Waals surface area contributed by atoms with Gasteiger partial charge in [-0.05, 0) is 23.8 Å². The van der Waals surface area contributed by atoms with E-state index in [2.05, 4.69) is 20.6 Å². The largest absolute Gasteiger partial charge is 0.329 e. The SMILES string of the molecule is O=C(Nc1nc2ccccc2[nH]1)c1ccccc1CN1C(=O)CNC1=O. The maximum absolute atomic E-state index is 12.7. The third-order valence-electron chi connectivity index (χ3n) is 4.15. The summed E-state index contributed by atoms with van der Waals surface area (Å²) >= 11 is 0. The van der Waals surface area contributed by atoms with Crippen molar-refractivity contribution in [2.45, 2.75) is 6.54 Å². The molecule has 1 fully saturated rings. The summed E-state index contributed by atoms with van der Waals surface area (Å²) in [6.07, 6.45) is 0. The van der Waals surface area contributed by atoms with Crippen LogP contribution in [0.3, 0.4) is 0 Å². The number of aromatic nitrogens is 2. The summed E-state index contributed by atoms with van der Waals surface area (Å²) < 4.78 is 0.